The van der Waals surface area contributed by atoms with Gasteiger partial charge in [0.25, 0.3) is 0 Å². The van der Waals surface area contributed by atoms with Crippen molar-refractivity contribution in [2.24, 2.45) is 0 Å². The van der Waals surface area contributed by atoms with Crippen molar-refractivity contribution in [2.75, 3.05) is 0 Å². The number of nitriles is 1. The van der Waals surface area contributed by atoms with Crippen molar-refractivity contribution in [1.29, 1.82) is 5.26 Å². The topological polar surface area (TPSA) is 41.6 Å². The van der Waals surface area contributed by atoms with Crippen LogP contribution in [0.5, 0.6) is 0 Å². The second-order valence-corrected chi connectivity index (χ2v) is 10.9. The van der Waals surface area contributed by atoms with Gasteiger partial charge in [0.2, 0.25) is 0 Å². The molecule has 6 aromatic rings. The summed E-state index contributed by atoms with van der Waals surface area (Å²) in [5.74, 6) is 0. The smallest absolute Gasteiger partial charge is 0.0998 e. The van der Waals surface area contributed by atoms with E-state index in [9.17, 15) is 5.26 Å². The Balaban J connectivity index is 1.73. The second-order valence-electron chi connectivity index (χ2n) is 10.9. The normalized spacial score (nSPS) is 12.1. The minimum absolute atomic E-state index is 0.648. The van der Waals surface area contributed by atoms with Crippen molar-refractivity contribution >= 4 is 27.4 Å². The summed E-state index contributed by atoms with van der Waals surface area (Å²) < 4.78 is 2.37. The molecular weight excluding hydrogens is 522 g/mol. The number of allylic oxidation sites excluding steroid dienone is 5. The fourth-order valence-corrected chi connectivity index (χ4v) is 6.04. The number of pyridine rings is 1. The largest absolute Gasteiger partial charge is 0.309 e. The van der Waals surface area contributed by atoms with E-state index in [1.165, 1.54) is 33.0 Å². The lowest BCUT2D eigenvalue weighted by Crippen LogP contribution is -2.00. The fraction of sp³-hybridized carbons (Fsp3) is 0.100. The van der Waals surface area contributed by atoms with Gasteiger partial charge in [0.15, 0.2) is 0 Å². The predicted molar refractivity (Wildman–Crippen MR) is 181 cm³/mol. The highest BCUT2D eigenvalue weighted by atomic mass is 15.0. The average molecular weight is 556 g/mol. The quantitative estimate of drug-likeness (QED) is 0.192. The highest BCUT2D eigenvalue weighted by molar-refractivity contribution is 6.11. The van der Waals surface area contributed by atoms with Crippen LogP contribution < -0.4 is 0 Å². The standard InChI is InChI=1S/C40H33N3/c1-6-10-33(26(3)7-2)30-13-15-35-36-16-14-31(34-12-9-8-11-27(34)4)23-40(36)43(39(35)22-30)38-24-37(29-17-19-42-20-18-29)32(25-41)21-28(38)5/h6-24H,1H2,2-5H3/b26-7-,33-10+. The van der Waals surface area contributed by atoms with Gasteiger partial charge in [0, 0.05) is 34.4 Å². The van der Waals surface area contributed by atoms with E-state index in [2.05, 4.69) is 129 Å². The zero-order chi connectivity index (χ0) is 30.1. The van der Waals surface area contributed by atoms with Crippen molar-refractivity contribution in [1.82, 2.24) is 9.55 Å². The SMILES string of the molecule is C=C/C=C(\C(C)=C/C)c1ccc2c3ccc(-c4ccccc4C)cc3n(-c3cc(-c4ccncc4)c(C#N)cc3C)c2c1. The van der Waals surface area contributed by atoms with E-state index < -0.39 is 0 Å². The molecule has 0 atom stereocenters. The van der Waals surface area contributed by atoms with Crippen LogP contribution in [0.1, 0.15) is 36.1 Å². The zero-order valence-corrected chi connectivity index (χ0v) is 25.0. The van der Waals surface area contributed by atoms with Gasteiger partial charge >= 0.3 is 0 Å². The molecule has 0 aliphatic rings. The van der Waals surface area contributed by atoms with Gasteiger partial charge < -0.3 is 4.57 Å². The maximum atomic E-state index is 10.1. The van der Waals surface area contributed by atoms with Gasteiger partial charge in [-0.2, -0.15) is 5.26 Å². The summed E-state index contributed by atoms with van der Waals surface area (Å²) >= 11 is 0. The molecule has 4 aromatic carbocycles. The molecular formula is C40H33N3. The summed E-state index contributed by atoms with van der Waals surface area (Å²) in [6.45, 7) is 12.4. The van der Waals surface area contributed by atoms with Gasteiger partial charge in [0.1, 0.15) is 0 Å². The summed E-state index contributed by atoms with van der Waals surface area (Å²) in [5.41, 5.74) is 13.9. The molecule has 43 heavy (non-hydrogen) atoms. The molecule has 3 heteroatoms. The van der Waals surface area contributed by atoms with Gasteiger partial charge in [-0.15, -0.1) is 0 Å². The van der Waals surface area contributed by atoms with Crippen LogP contribution in [0, 0.1) is 25.2 Å². The Labute approximate surface area is 253 Å². The molecule has 0 bridgehead atoms. The third-order valence-electron chi connectivity index (χ3n) is 8.37. The molecule has 2 heterocycles. The van der Waals surface area contributed by atoms with Crippen LogP contribution in [-0.2, 0) is 0 Å². The van der Waals surface area contributed by atoms with E-state index in [0.717, 1.165) is 44.5 Å². The molecule has 2 aromatic heterocycles. The third kappa shape index (κ3) is 4.88. The molecule has 208 valence electrons. The van der Waals surface area contributed by atoms with E-state index >= 15 is 0 Å². The van der Waals surface area contributed by atoms with Crippen LogP contribution in [0.4, 0.5) is 0 Å². The maximum absolute atomic E-state index is 10.1. The van der Waals surface area contributed by atoms with Gasteiger partial charge in [-0.1, -0.05) is 73.3 Å². The Morgan fingerprint density at radius 3 is 2.23 bits per heavy atom. The maximum Gasteiger partial charge on any atom is 0.0998 e. The molecule has 0 radical (unpaired) electrons. The summed E-state index contributed by atoms with van der Waals surface area (Å²) in [6, 6.07) is 32.5. The summed E-state index contributed by atoms with van der Waals surface area (Å²) in [5, 5.41) is 12.5. The lowest BCUT2D eigenvalue weighted by molar-refractivity contribution is 1.15. The fourth-order valence-electron chi connectivity index (χ4n) is 6.04. The van der Waals surface area contributed by atoms with Crippen LogP contribution in [0.3, 0.4) is 0 Å². The van der Waals surface area contributed by atoms with Crippen molar-refractivity contribution in [3.63, 3.8) is 0 Å². The number of benzene rings is 4. The van der Waals surface area contributed by atoms with Crippen molar-refractivity contribution in [2.45, 2.75) is 27.7 Å². The van der Waals surface area contributed by atoms with E-state index in [-0.39, 0.29) is 0 Å². The van der Waals surface area contributed by atoms with Crippen molar-refractivity contribution in [3.05, 3.63) is 150 Å². The van der Waals surface area contributed by atoms with E-state index in [4.69, 9.17) is 0 Å². The minimum atomic E-state index is 0.648. The van der Waals surface area contributed by atoms with Crippen LogP contribution in [-0.4, -0.2) is 9.55 Å². The molecule has 0 fully saturated rings. The highest BCUT2D eigenvalue weighted by Gasteiger charge is 2.19. The number of nitrogens with zero attached hydrogens (tertiary/aromatic N) is 3. The predicted octanol–water partition coefficient (Wildman–Crippen LogP) is 10.5. The Bertz CT molecular complexity index is 2130. The van der Waals surface area contributed by atoms with Crippen LogP contribution in [0.25, 0.3) is 55.3 Å². The van der Waals surface area contributed by atoms with Gasteiger partial charge in [0.05, 0.1) is 22.7 Å². The lowest BCUT2D eigenvalue weighted by atomic mass is 9.96. The zero-order valence-electron chi connectivity index (χ0n) is 25.0. The molecule has 0 N–H and O–H groups in total. The van der Waals surface area contributed by atoms with Gasteiger partial charge in [-0.05, 0) is 109 Å². The minimum Gasteiger partial charge on any atom is -0.309 e. The Hall–Kier alpha value is -5.46. The Morgan fingerprint density at radius 2 is 1.53 bits per heavy atom. The number of fused-ring (bicyclic) bond motifs is 3. The number of hydrogen-bond donors (Lipinski definition) is 0. The third-order valence-corrected chi connectivity index (χ3v) is 8.37. The highest BCUT2D eigenvalue weighted by Crippen LogP contribution is 2.39. The van der Waals surface area contributed by atoms with E-state index in [0.29, 0.717) is 5.56 Å². The van der Waals surface area contributed by atoms with E-state index in [1.54, 1.807) is 12.4 Å². The molecule has 0 aliphatic heterocycles. The van der Waals surface area contributed by atoms with Crippen molar-refractivity contribution in [3.8, 4) is 34.0 Å². The first-order chi connectivity index (χ1) is 20.9. The summed E-state index contributed by atoms with van der Waals surface area (Å²) in [6.07, 6.45) is 9.61. The summed E-state index contributed by atoms with van der Waals surface area (Å²) in [7, 11) is 0. The molecule has 3 nitrogen and oxygen atoms in total. The molecule has 0 saturated heterocycles. The number of hydrogen-bond acceptors (Lipinski definition) is 2. The summed E-state index contributed by atoms with van der Waals surface area (Å²) in [4.78, 5) is 4.20. The van der Waals surface area contributed by atoms with Gasteiger partial charge in [-0.25, -0.2) is 0 Å². The first-order valence-corrected chi connectivity index (χ1v) is 14.5. The first kappa shape index (κ1) is 27.7. The van der Waals surface area contributed by atoms with Crippen LogP contribution in [0.15, 0.2) is 128 Å². The molecule has 0 saturated carbocycles. The number of rotatable bonds is 6. The van der Waals surface area contributed by atoms with Gasteiger partial charge in [-0.3, -0.25) is 4.98 Å². The van der Waals surface area contributed by atoms with E-state index in [1.807, 2.05) is 24.3 Å². The average Bonchev–Trinajstić information content (AvgIpc) is 3.36. The molecule has 0 aliphatic carbocycles. The Morgan fingerprint density at radius 1 is 0.814 bits per heavy atom. The van der Waals surface area contributed by atoms with Crippen LogP contribution in [0.2, 0.25) is 0 Å². The molecule has 0 amide bonds. The monoisotopic (exact) mass is 555 g/mol. The lowest BCUT2D eigenvalue weighted by Gasteiger charge is -2.16. The molecule has 0 unspecified atom stereocenters. The first-order valence-electron chi connectivity index (χ1n) is 14.5. The van der Waals surface area contributed by atoms with Crippen LogP contribution >= 0.6 is 0 Å². The molecule has 6 rings (SSSR count). The molecule has 0 spiro atoms. The second kappa shape index (κ2) is 11.4. The number of aromatic nitrogens is 2. The van der Waals surface area contributed by atoms with Crippen molar-refractivity contribution < 1.29 is 0 Å². The number of aryl methyl sites for hydroxylation is 2. The Kier molecular flexibility index (Phi) is 7.36.